The van der Waals surface area contributed by atoms with E-state index >= 15 is 0 Å². The van der Waals surface area contributed by atoms with Gasteiger partial charge in [0.1, 0.15) is 11.4 Å². The average Bonchev–Trinajstić information content (AvgIpc) is 2.41. The fourth-order valence-corrected chi connectivity index (χ4v) is 1.91. The summed E-state index contributed by atoms with van der Waals surface area (Å²) in [5.41, 5.74) is -0.337. The molecule has 0 heterocycles. The van der Waals surface area contributed by atoms with Gasteiger partial charge in [0.05, 0.1) is 15.6 Å². The summed E-state index contributed by atoms with van der Waals surface area (Å²) >= 11 is 5.84. The largest absolute Gasteiger partial charge is 0.477 e. The Morgan fingerprint density at radius 1 is 1.29 bits per heavy atom. The van der Waals surface area contributed by atoms with Crippen LogP contribution in [-0.4, -0.2) is 16.0 Å². The molecule has 0 amide bonds. The number of anilines is 2. The normalized spacial score (nSPS) is 10.2. The molecule has 8 heteroatoms. The molecule has 0 aliphatic carbocycles. The first kappa shape index (κ1) is 14.7. The number of benzene rings is 2. The lowest BCUT2D eigenvalue weighted by Crippen LogP contribution is -2.03. The Bertz CT molecular complexity index is 736. The molecule has 108 valence electrons. The molecule has 0 bridgehead atoms. The van der Waals surface area contributed by atoms with Crippen molar-refractivity contribution in [3.8, 4) is 0 Å². The second kappa shape index (κ2) is 5.76. The highest BCUT2D eigenvalue weighted by Gasteiger charge is 2.20. The topological polar surface area (TPSA) is 92.5 Å². The smallest absolute Gasteiger partial charge is 0.342 e. The van der Waals surface area contributed by atoms with Crippen molar-refractivity contribution >= 4 is 34.6 Å². The highest BCUT2D eigenvalue weighted by molar-refractivity contribution is 6.33. The van der Waals surface area contributed by atoms with Crippen molar-refractivity contribution < 1.29 is 19.2 Å². The number of carbonyl (C=O) groups is 1. The van der Waals surface area contributed by atoms with E-state index in [9.17, 15) is 19.3 Å². The molecule has 2 N–H and O–H groups in total. The van der Waals surface area contributed by atoms with E-state index in [1.807, 2.05) is 0 Å². The monoisotopic (exact) mass is 310 g/mol. The molecule has 0 saturated carbocycles. The molecule has 0 radical (unpaired) electrons. The van der Waals surface area contributed by atoms with E-state index in [-0.39, 0.29) is 10.7 Å². The van der Waals surface area contributed by atoms with Crippen LogP contribution in [-0.2, 0) is 0 Å². The van der Waals surface area contributed by atoms with E-state index in [4.69, 9.17) is 16.7 Å². The summed E-state index contributed by atoms with van der Waals surface area (Å²) in [5.74, 6) is -1.93. The van der Waals surface area contributed by atoms with Crippen molar-refractivity contribution in [2.75, 3.05) is 5.32 Å². The molecule has 2 rings (SSSR count). The molecular formula is C13H8ClFN2O4. The molecule has 6 nitrogen and oxygen atoms in total. The van der Waals surface area contributed by atoms with Crippen molar-refractivity contribution in [3.63, 3.8) is 0 Å². The first-order valence-electron chi connectivity index (χ1n) is 5.62. The van der Waals surface area contributed by atoms with Crippen molar-refractivity contribution in [2.24, 2.45) is 0 Å². The molecule has 0 spiro atoms. The lowest BCUT2D eigenvalue weighted by molar-refractivity contribution is -0.385. The zero-order valence-corrected chi connectivity index (χ0v) is 11.1. The Labute approximate surface area is 122 Å². The summed E-state index contributed by atoms with van der Waals surface area (Å²) in [7, 11) is 0. The molecule has 2 aromatic carbocycles. The lowest BCUT2D eigenvalue weighted by Gasteiger charge is -2.09. The van der Waals surface area contributed by atoms with E-state index in [0.29, 0.717) is 5.69 Å². The van der Waals surface area contributed by atoms with E-state index < -0.39 is 28.0 Å². The number of rotatable bonds is 4. The van der Waals surface area contributed by atoms with Crippen LogP contribution >= 0.6 is 11.6 Å². The molecule has 0 aromatic heterocycles. The van der Waals surface area contributed by atoms with Gasteiger partial charge in [-0.1, -0.05) is 11.6 Å². The molecule has 0 unspecified atom stereocenters. The van der Waals surface area contributed by atoms with E-state index in [1.54, 1.807) is 0 Å². The predicted octanol–water partition coefficient (Wildman–Crippen LogP) is 3.83. The second-order valence-electron chi connectivity index (χ2n) is 4.04. The summed E-state index contributed by atoms with van der Waals surface area (Å²) in [6, 6.07) is 7.16. The molecule has 21 heavy (non-hydrogen) atoms. The Morgan fingerprint density at radius 2 is 2.00 bits per heavy atom. The Hall–Kier alpha value is -2.67. The van der Waals surface area contributed by atoms with Crippen molar-refractivity contribution in [1.82, 2.24) is 0 Å². The van der Waals surface area contributed by atoms with Gasteiger partial charge in [-0.05, 0) is 30.3 Å². The van der Waals surface area contributed by atoms with Gasteiger partial charge in [-0.15, -0.1) is 0 Å². The van der Waals surface area contributed by atoms with E-state index in [1.165, 1.54) is 18.2 Å². The van der Waals surface area contributed by atoms with Crippen LogP contribution in [0.2, 0.25) is 5.02 Å². The van der Waals surface area contributed by atoms with Crippen LogP contribution < -0.4 is 5.32 Å². The Kier molecular flexibility index (Phi) is 4.04. The Morgan fingerprint density at radius 3 is 2.57 bits per heavy atom. The summed E-state index contributed by atoms with van der Waals surface area (Å²) in [4.78, 5) is 21.0. The van der Waals surface area contributed by atoms with Crippen LogP contribution in [0.1, 0.15) is 10.4 Å². The van der Waals surface area contributed by atoms with E-state index in [0.717, 1.165) is 18.2 Å². The molecule has 0 aliphatic heterocycles. The van der Waals surface area contributed by atoms with Gasteiger partial charge in [-0.3, -0.25) is 10.1 Å². The number of aromatic carboxylic acids is 1. The van der Waals surface area contributed by atoms with Gasteiger partial charge < -0.3 is 10.4 Å². The SMILES string of the molecule is O=C(O)c1cc(Nc2ccc(F)cc2Cl)ccc1[N+](=O)[O-]. The highest BCUT2D eigenvalue weighted by Crippen LogP contribution is 2.29. The zero-order valence-electron chi connectivity index (χ0n) is 10.3. The maximum absolute atomic E-state index is 12.9. The number of nitrogens with one attached hydrogen (secondary N) is 1. The number of nitro benzene ring substituents is 1. The number of halogens is 2. The van der Waals surface area contributed by atoms with Gasteiger partial charge in [0.2, 0.25) is 0 Å². The molecule has 0 saturated heterocycles. The van der Waals surface area contributed by atoms with E-state index in [2.05, 4.69) is 5.32 Å². The van der Waals surface area contributed by atoms with Gasteiger partial charge in [0.15, 0.2) is 0 Å². The van der Waals surface area contributed by atoms with Crippen LogP contribution in [0.4, 0.5) is 21.5 Å². The molecule has 2 aromatic rings. The van der Waals surface area contributed by atoms with Crippen molar-refractivity contribution in [1.29, 1.82) is 0 Å². The van der Waals surface area contributed by atoms with Crippen LogP contribution in [0.15, 0.2) is 36.4 Å². The number of hydrogen-bond acceptors (Lipinski definition) is 4. The fourth-order valence-electron chi connectivity index (χ4n) is 1.69. The van der Waals surface area contributed by atoms with Gasteiger partial charge in [0.25, 0.3) is 5.69 Å². The minimum Gasteiger partial charge on any atom is -0.477 e. The minimum absolute atomic E-state index is 0.102. The molecule has 0 aliphatic rings. The first-order chi connectivity index (χ1) is 9.88. The van der Waals surface area contributed by atoms with Gasteiger partial charge in [-0.25, -0.2) is 9.18 Å². The second-order valence-corrected chi connectivity index (χ2v) is 4.45. The van der Waals surface area contributed by atoms with Crippen LogP contribution in [0, 0.1) is 15.9 Å². The van der Waals surface area contributed by atoms with Gasteiger partial charge in [-0.2, -0.15) is 0 Å². The summed E-state index contributed by atoms with van der Waals surface area (Å²) < 4.78 is 12.9. The summed E-state index contributed by atoms with van der Waals surface area (Å²) in [6.07, 6.45) is 0. The fraction of sp³-hybridized carbons (Fsp3) is 0. The molecular weight excluding hydrogens is 303 g/mol. The van der Waals surface area contributed by atoms with Crippen molar-refractivity contribution in [2.45, 2.75) is 0 Å². The van der Waals surface area contributed by atoms with Gasteiger partial charge >= 0.3 is 5.97 Å². The number of carboxylic acid groups (broad SMARTS) is 1. The lowest BCUT2D eigenvalue weighted by atomic mass is 10.1. The maximum atomic E-state index is 12.9. The van der Waals surface area contributed by atoms with Crippen LogP contribution in [0.25, 0.3) is 0 Å². The van der Waals surface area contributed by atoms with Crippen LogP contribution in [0.3, 0.4) is 0 Å². The maximum Gasteiger partial charge on any atom is 0.342 e. The third-order valence-corrected chi connectivity index (χ3v) is 2.95. The zero-order chi connectivity index (χ0) is 15.6. The summed E-state index contributed by atoms with van der Waals surface area (Å²) in [5, 5.41) is 22.6. The quantitative estimate of drug-likeness (QED) is 0.661. The third kappa shape index (κ3) is 3.26. The van der Waals surface area contributed by atoms with Gasteiger partial charge in [0, 0.05) is 11.8 Å². The Balaban J connectivity index is 2.39. The van der Waals surface area contributed by atoms with Crippen molar-refractivity contribution in [3.05, 3.63) is 62.9 Å². The first-order valence-corrected chi connectivity index (χ1v) is 6.00. The summed E-state index contributed by atoms with van der Waals surface area (Å²) in [6.45, 7) is 0. The number of carboxylic acids is 1. The standard InChI is InChI=1S/C13H8ClFN2O4/c14-10-5-7(15)1-3-11(10)16-8-2-4-12(17(20)21)9(6-8)13(18)19/h1-6,16H,(H,18,19). The number of nitrogens with zero attached hydrogens (tertiary/aromatic N) is 1. The predicted molar refractivity (Wildman–Crippen MR) is 74.7 cm³/mol. The number of hydrogen-bond donors (Lipinski definition) is 2. The van der Waals surface area contributed by atoms with Crippen LogP contribution in [0.5, 0.6) is 0 Å². The minimum atomic E-state index is -1.42. The number of nitro groups is 1. The highest BCUT2D eigenvalue weighted by atomic mass is 35.5. The average molecular weight is 311 g/mol. The molecule has 0 atom stereocenters. The third-order valence-electron chi connectivity index (χ3n) is 2.63. The molecule has 0 fully saturated rings.